The summed E-state index contributed by atoms with van der Waals surface area (Å²) in [6.45, 7) is 11.4. The highest BCUT2D eigenvalue weighted by Gasteiger charge is 2.30. The van der Waals surface area contributed by atoms with Crippen LogP contribution in [0.1, 0.15) is 26.7 Å². The Morgan fingerprint density at radius 1 is 1.65 bits per heavy atom. The van der Waals surface area contributed by atoms with Crippen molar-refractivity contribution in [1.82, 2.24) is 10.2 Å². The summed E-state index contributed by atoms with van der Waals surface area (Å²) in [6.07, 6.45) is 1.98. The largest absolute Gasteiger partial charge is 0.375 e. The number of amides is 1. The van der Waals surface area contributed by atoms with Crippen LogP contribution in [0.5, 0.6) is 0 Å². The van der Waals surface area contributed by atoms with Crippen LogP contribution in [0.15, 0.2) is 12.2 Å². The van der Waals surface area contributed by atoms with Crippen LogP contribution >= 0.6 is 0 Å². The van der Waals surface area contributed by atoms with Gasteiger partial charge in [0.25, 0.3) is 0 Å². The molecule has 0 bridgehead atoms. The summed E-state index contributed by atoms with van der Waals surface area (Å²) < 4.78 is 5.41. The van der Waals surface area contributed by atoms with E-state index in [1.165, 1.54) is 0 Å². The third kappa shape index (κ3) is 4.88. The Bertz CT molecular complexity index is 266. The zero-order valence-corrected chi connectivity index (χ0v) is 11.0. The number of rotatable bonds is 8. The monoisotopic (exact) mass is 240 g/mol. The van der Waals surface area contributed by atoms with E-state index in [-0.39, 0.29) is 11.9 Å². The predicted octanol–water partition coefficient (Wildman–Crippen LogP) is 1.18. The van der Waals surface area contributed by atoms with Crippen molar-refractivity contribution in [2.75, 3.05) is 32.8 Å². The first-order valence-corrected chi connectivity index (χ1v) is 6.39. The van der Waals surface area contributed by atoms with E-state index in [9.17, 15) is 4.79 Å². The van der Waals surface area contributed by atoms with Gasteiger partial charge in [0.05, 0.1) is 19.3 Å². The smallest absolute Gasteiger partial charge is 0.239 e. The van der Waals surface area contributed by atoms with Crippen molar-refractivity contribution in [2.45, 2.75) is 32.7 Å². The van der Waals surface area contributed by atoms with Gasteiger partial charge in [-0.05, 0) is 26.3 Å². The topological polar surface area (TPSA) is 41.6 Å². The maximum atomic E-state index is 11.9. The average molecular weight is 240 g/mol. The Kier molecular flexibility index (Phi) is 6.22. The highest BCUT2D eigenvalue weighted by Crippen LogP contribution is 2.10. The molecule has 1 heterocycles. The molecular weight excluding hydrogens is 216 g/mol. The molecule has 1 atom stereocenters. The number of carbonyl (C=O) groups is 1. The van der Waals surface area contributed by atoms with Gasteiger partial charge in [-0.1, -0.05) is 19.1 Å². The molecule has 1 amide bonds. The Morgan fingerprint density at radius 2 is 2.41 bits per heavy atom. The molecular formula is C13H24N2O2. The molecule has 98 valence electrons. The standard InChI is InChI=1S/C13H24N2O2/c1-4-6-14-12-5-7-15(13(12)16)8-9-17-10-11(2)3/h12,14H,2,4-10H2,1,3H3. The highest BCUT2D eigenvalue weighted by atomic mass is 16.5. The van der Waals surface area contributed by atoms with Crippen molar-refractivity contribution in [3.8, 4) is 0 Å². The first-order valence-electron chi connectivity index (χ1n) is 6.39. The van der Waals surface area contributed by atoms with E-state index in [1.807, 2.05) is 11.8 Å². The Labute approximate surface area is 104 Å². The Balaban J connectivity index is 2.18. The summed E-state index contributed by atoms with van der Waals surface area (Å²) >= 11 is 0. The van der Waals surface area contributed by atoms with E-state index in [0.717, 1.165) is 31.5 Å². The molecule has 0 saturated carbocycles. The van der Waals surface area contributed by atoms with Gasteiger partial charge < -0.3 is 15.0 Å². The van der Waals surface area contributed by atoms with Gasteiger partial charge in [0.15, 0.2) is 0 Å². The van der Waals surface area contributed by atoms with Crippen molar-refractivity contribution in [2.24, 2.45) is 0 Å². The van der Waals surface area contributed by atoms with E-state index >= 15 is 0 Å². The molecule has 0 radical (unpaired) electrons. The van der Waals surface area contributed by atoms with Gasteiger partial charge in [0.2, 0.25) is 5.91 Å². The average Bonchev–Trinajstić information content (AvgIpc) is 2.63. The van der Waals surface area contributed by atoms with E-state index in [4.69, 9.17) is 4.74 Å². The molecule has 1 fully saturated rings. The molecule has 0 aromatic rings. The lowest BCUT2D eigenvalue weighted by Gasteiger charge is -2.17. The van der Waals surface area contributed by atoms with Gasteiger partial charge in [-0.2, -0.15) is 0 Å². The second-order valence-corrected chi connectivity index (χ2v) is 4.63. The Morgan fingerprint density at radius 3 is 3.06 bits per heavy atom. The maximum Gasteiger partial charge on any atom is 0.239 e. The van der Waals surface area contributed by atoms with Gasteiger partial charge in [-0.15, -0.1) is 0 Å². The summed E-state index contributed by atoms with van der Waals surface area (Å²) in [4.78, 5) is 13.8. The van der Waals surface area contributed by atoms with Gasteiger partial charge in [-0.25, -0.2) is 0 Å². The fourth-order valence-electron chi connectivity index (χ4n) is 1.89. The van der Waals surface area contributed by atoms with Crippen molar-refractivity contribution in [1.29, 1.82) is 0 Å². The molecule has 1 saturated heterocycles. The van der Waals surface area contributed by atoms with Crippen LogP contribution in [0.3, 0.4) is 0 Å². The van der Waals surface area contributed by atoms with E-state index in [2.05, 4.69) is 18.8 Å². The zero-order valence-electron chi connectivity index (χ0n) is 11.0. The molecule has 1 N–H and O–H groups in total. The van der Waals surface area contributed by atoms with Crippen LogP contribution < -0.4 is 5.32 Å². The number of ether oxygens (including phenoxy) is 1. The van der Waals surface area contributed by atoms with Crippen molar-refractivity contribution in [3.63, 3.8) is 0 Å². The third-order valence-corrected chi connectivity index (χ3v) is 2.79. The van der Waals surface area contributed by atoms with Crippen molar-refractivity contribution in [3.05, 3.63) is 12.2 Å². The molecule has 0 aromatic carbocycles. The molecule has 4 nitrogen and oxygen atoms in total. The summed E-state index contributed by atoms with van der Waals surface area (Å²) in [5, 5.41) is 3.27. The van der Waals surface area contributed by atoms with Gasteiger partial charge in [0, 0.05) is 13.1 Å². The quantitative estimate of drug-likeness (QED) is 0.512. The number of carbonyl (C=O) groups excluding carboxylic acids is 1. The molecule has 1 unspecified atom stereocenters. The van der Waals surface area contributed by atoms with E-state index < -0.39 is 0 Å². The van der Waals surface area contributed by atoms with E-state index in [1.54, 1.807) is 0 Å². The molecule has 0 spiro atoms. The van der Waals surface area contributed by atoms with Gasteiger partial charge in [-0.3, -0.25) is 4.79 Å². The number of likely N-dealkylation sites (tertiary alicyclic amines) is 1. The van der Waals surface area contributed by atoms with Gasteiger partial charge in [0.1, 0.15) is 0 Å². The minimum absolute atomic E-state index is 0.0242. The SMILES string of the molecule is C=C(C)COCCN1CCC(NCCC)C1=O. The van der Waals surface area contributed by atoms with Crippen LogP contribution in [0.25, 0.3) is 0 Å². The molecule has 4 heteroatoms. The fourth-order valence-corrected chi connectivity index (χ4v) is 1.89. The molecule has 1 aliphatic rings. The summed E-state index contributed by atoms with van der Waals surface area (Å²) in [5.74, 6) is 0.220. The molecule has 17 heavy (non-hydrogen) atoms. The molecule has 0 aromatic heterocycles. The molecule has 1 rings (SSSR count). The summed E-state index contributed by atoms with van der Waals surface area (Å²) in [6, 6.07) is 0.0242. The van der Waals surface area contributed by atoms with Crippen LogP contribution in [0.4, 0.5) is 0 Å². The maximum absolute atomic E-state index is 11.9. The van der Waals surface area contributed by atoms with Crippen LogP contribution in [0.2, 0.25) is 0 Å². The lowest BCUT2D eigenvalue weighted by molar-refractivity contribution is -0.130. The Hall–Kier alpha value is -0.870. The minimum atomic E-state index is 0.0242. The first-order chi connectivity index (χ1) is 8.15. The normalized spacial score (nSPS) is 20.0. The summed E-state index contributed by atoms with van der Waals surface area (Å²) in [7, 11) is 0. The fraction of sp³-hybridized carbons (Fsp3) is 0.769. The minimum Gasteiger partial charge on any atom is -0.375 e. The third-order valence-electron chi connectivity index (χ3n) is 2.79. The van der Waals surface area contributed by atoms with Crippen LogP contribution in [-0.4, -0.2) is 49.7 Å². The van der Waals surface area contributed by atoms with E-state index in [0.29, 0.717) is 19.8 Å². The highest BCUT2D eigenvalue weighted by molar-refractivity contribution is 5.83. The van der Waals surface area contributed by atoms with Crippen LogP contribution in [-0.2, 0) is 9.53 Å². The van der Waals surface area contributed by atoms with Gasteiger partial charge >= 0.3 is 0 Å². The predicted molar refractivity (Wildman–Crippen MR) is 68.9 cm³/mol. The first kappa shape index (κ1) is 14.2. The number of nitrogens with zero attached hydrogens (tertiary/aromatic N) is 1. The summed E-state index contributed by atoms with van der Waals surface area (Å²) in [5.41, 5.74) is 1.01. The molecule has 1 aliphatic heterocycles. The number of hydrogen-bond acceptors (Lipinski definition) is 3. The zero-order chi connectivity index (χ0) is 12.7. The second kappa shape index (κ2) is 7.45. The van der Waals surface area contributed by atoms with Crippen LogP contribution in [0, 0.1) is 0 Å². The molecule has 0 aliphatic carbocycles. The number of hydrogen-bond donors (Lipinski definition) is 1. The lowest BCUT2D eigenvalue weighted by atomic mass is 10.2. The lowest BCUT2D eigenvalue weighted by Crippen LogP contribution is -2.39. The second-order valence-electron chi connectivity index (χ2n) is 4.63. The number of nitrogens with one attached hydrogen (secondary N) is 1. The van der Waals surface area contributed by atoms with Crippen molar-refractivity contribution >= 4 is 5.91 Å². The van der Waals surface area contributed by atoms with Crippen molar-refractivity contribution < 1.29 is 9.53 Å².